The second-order valence-corrected chi connectivity index (χ2v) is 0.834. The average molecular weight is 106 g/mol. The number of rotatable bonds is 2. The first-order chi connectivity index (χ1) is 3.31. The monoisotopic (exact) mass is 106 g/mol. The first kappa shape index (κ1) is 6.36. The van der Waals surface area contributed by atoms with Gasteiger partial charge in [0, 0.05) is 0 Å². The fraction of sp³-hybridized carbons (Fsp3) is 0.333. The molecule has 0 atom stereocenters. The predicted octanol–water partition coefficient (Wildman–Crippen LogP) is -0.334. The van der Waals surface area contributed by atoms with Crippen molar-refractivity contribution in [1.29, 1.82) is 0 Å². The van der Waals surface area contributed by atoms with Crippen molar-refractivity contribution in [2.45, 2.75) is 0 Å². The first-order valence-corrected chi connectivity index (χ1v) is 1.64. The maximum absolute atomic E-state index is 11.0. The zero-order chi connectivity index (χ0) is 5.70. The highest BCUT2D eigenvalue weighted by Gasteiger charge is 1.94. The van der Waals surface area contributed by atoms with Gasteiger partial charge in [-0.05, 0) is 0 Å². The van der Waals surface area contributed by atoms with Gasteiger partial charge in [0.15, 0.2) is 0 Å². The molecule has 0 saturated carbocycles. The Hall–Kier alpha value is -0.640. The quantitative estimate of drug-likeness (QED) is 0.374. The minimum Gasteiger partial charge on any atom is -0.289 e. The third-order valence-electron chi connectivity index (χ3n) is 0.373. The van der Waals surface area contributed by atoms with Crippen molar-refractivity contribution in [2.24, 2.45) is 0 Å². The summed E-state index contributed by atoms with van der Waals surface area (Å²) in [5.41, 5.74) is 1.23. The van der Waals surface area contributed by atoms with E-state index in [1.165, 1.54) is 5.48 Å². The highest BCUT2D eigenvalue weighted by molar-refractivity contribution is 5.83. The number of halogens is 1. The molecular formula is C3H5FNO2. The molecule has 1 radical (unpaired) electrons. The summed E-state index contributed by atoms with van der Waals surface area (Å²) < 4.78 is 11.0. The van der Waals surface area contributed by atoms with Crippen LogP contribution in [0.1, 0.15) is 0 Å². The molecule has 4 heteroatoms. The predicted molar refractivity (Wildman–Crippen MR) is 20.2 cm³/mol. The number of carbonyl (C=O) groups excluding carboxylic acids is 1. The van der Waals surface area contributed by atoms with E-state index in [0.717, 1.165) is 0 Å². The van der Waals surface area contributed by atoms with Crippen LogP contribution in [0.2, 0.25) is 0 Å². The van der Waals surface area contributed by atoms with Gasteiger partial charge in [-0.1, -0.05) is 0 Å². The molecule has 0 aromatic carbocycles. The summed E-state index contributed by atoms with van der Waals surface area (Å²) in [6.45, 7) is -0.855. The van der Waals surface area contributed by atoms with Crippen molar-refractivity contribution in [3.8, 4) is 0 Å². The van der Waals surface area contributed by atoms with Crippen molar-refractivity contribution < 1.29 is 14.4 Å². The van der Waals surface area contributed by atoms with Crippen molar-refractivity contribution in [1.82, 2.24) is 5.48 Å². The first-order valence-electron chi connectivity index (χ1n) is 1.64. The van der Waals surface area contributed by atoms with Gasteiger partial charge in [0.1, 0.15) is 6.67 Å². The number of nitrogens with one attached hydrogen (secondary N) is 1. The Balaban J connectivity index is 3.00. The Morgan fingerprint density at radius 3 is 2.71 bits per heavy atom. The number of alkyl halides is 1. The Labute approximate surface area is 40.1 Å². The number of carbonyl (C=O) groups is 1. The number of amides is 1. The topological polar surface area (TPSA) is 49.3 Å². The highest BCUT2D eigenvalue weighted by atomic mass is 19.1. The lowest BCUT2D eigenvalue weighted by Gasteiger charge is -1.87. The molecule has 0 aliphatic heterocycles. The van der Waals surface area contributed by atoms with Crippen molar-refractivity contribution in [3.05, 3.63) is 6.42 Å². The maximum atomic E-state index is 11.0. The molecule has 0 bridgehead atoms. The minimum absolute atomic E-state index is 0.681. The molecule has 2 N–H and O–H groups in total. The third-order valence-corrected chi connectivity index (χ3v) is 0.373. The van der Waals surface area contributed by atoms with Crippen LogP contribution >= 0.6 is 0 Å². The van der Waals surface area contributed by atoms with Crippen molar-refractivity contribution in [3.63, 3.8) is 0 Å². The minimum atomic E-state index is -0.855. The van der Waals surface area contributed by atoms with Crippen LogP contribution in [0.3, 0.4) is 0 Å². The number of hydrogen-bond acceptors (Lipinski definition) is 2. The van der Waals surface area contributed by atoms with Gasteiger partial charge in [-0.25, -0.2) is 5.48 Å². The Morgan fingerprint density at radius 1 is 2.00 bits per heavy atom. The smallest absolute Gasteiger partial charge is 0.249 e. The lowest BCUT2D eigenvalue weighted by Crippen LogP contribution is -2.19. The fourth-order valence-corrected chi connectivity index (χ4v) is 0.116. The van der Waals surface area contributed by atoms with E-state index in [1.54, 1.807) is 0 Å². The Kier molecular flexibility index (Phi) is 3.22. The molecule has 0 rings (SSSR count). The SMILES string of the molecule is O=C([CH]CF)NO. The van der Waals surface area contributed by atoms with Gasteiger partial charge in [0.25, 0.3) is 0 Å². The largest absolute Gasteiger partial charge is 0.289 e. The summed E-state index contributed by atoms with van der Waals surface area (Å²) >= 11 is 0. The summed E-state index contributed by atoms with van der Waals surface area (Å²) in [5.74, 6) is -0.817. The van der Waals surface area contributed by atoms with E-state index in [0.29, 0.717) is 6.42 Å². The molecule has 7 heavy (non-hydrogen) atoms. The van der Waals surface area contributed by atoms with E-state index in [-0.39, 0.29) is 0 Å². The molecule has 0 aromatic rings. The van der Waals surface area contributed by atoms with Crippen LogP contribution in [0.4, 0.5) is 4.39 Å². The van der Waals surface area contributed by atoms with Gasteiger partial charge >= 0.3 is 0 Å². The second-order valence-electron chi connectivity index (χ2n) is 0.834. The molecule has 0 saturated heterocycles. The standard InChI is InChI=1S/C3H5FNO2/c4-2-1-3(6)5-7/h1,7H,2H2,(H,5,6). The van der Waals surface area contributed by atoms with Gasteiger partial charge in [0.2, 0.25) is 5.91 Å². The van der Waals surface area contributed by atoms with Gasteiger partial charge in [-0.3, -0.25) is 14.4 Å². The number of hydrogen-bond donors (Lipinski definition) is 2. The molecule has 41 valence electrons. The molecule has 0 aliphatic rings. The van der Waals surface area contributed by atoms with E-state index < -0.39 is 12.6 Å². The zero-order valence-corrected chi connectivity index (χ0v) is 3.52. The lowest BCUT2D eigenvalue weighted by molar-refractivity contribution is -0.125. The van der Waals surface area contributed by atoms with Gasteiger partial charge in [-0.2, -0.15) is 0 Å². The van der Waals surface area contributed by atoms with E-state index in [4.69, 9.17) is 5.21 Å². The Bertz CT molecular complexity index is 66.0. The molecular weight excluding hydrogens is 101 g/mol. The maximum Gasteiger partial charge on any atom is 0.249 e. The van der Waals surface area contributed by atoms with E-state index in [1.807, 2.05) is 0 Å². The molecule has 1 amide bonds. The van der Waals surface area contributed by atoms with Crippen molar-refractivity contribution >= 4 is 5.91 Å². The van der Waals surface area contributed by atoms with Crippen LogP contribution in [-0.2, 0) is 4.79 Å². The normalized spacial score (nSPS) is 8.29. The lowest BCUT2D eigenvalue weighted by atomic mass is 10.5. The summed E-state index contributed by atoms with van der Waals surface area (Å²) in [6.07, 6.45) is 0.681. The molecule has 0 aliphatic carbocycles. The zero-order valence-electron chi connectivity index (χ0n) is 3.52. The van der Waals surface area contributed by atoms with Gasteiger partial charge < -0.3 is 0 Å². The molecule has 0 heterocycles. The third kappa shape index (κ3) is 3.18. The highest BCUT2D eigenvalue weighted by Crippen LogP contribution is 1.74. The second kappa shape index (κ2) is 3.55. The molecule has 0 fully saturated rings. The number of hydroxylamine groups is 1. The van der Waals surface area contributed by atoms with Crippen LogP contribution in [-0.4, -0.2) is 17.8 Å². The van der Waals surface area contributed by atoms with E-state index >= 15 is 0 Å². The van der Waals surface area contributed by atoms with Crippen LogP contribution in [0.5, 0.6) is 0 Å². The molecule has 3 nitrogen and oxygen atoms in total. The van der Waals surface area contributed by atoms with Crippen LogP contribution in [0, 0.1) is 6.42 Å². The van der Waals surface area contributed by atoms with Crippen LogP contribution < -0.4 is 5.48 Å². The van der Waals surface area contributed by atoms with E-state index in [2.05, 4.69) is 0 Å². The average Bonchev–Trinajstić information content (AvgIpc) is 1.68. The summed E-state index contributed by atoms with van der Waals surface area (Å²) in [7, 11) is 0. The molecule has 0 spiro atoms. The van der Waals surface area contributed by atoms with Crippen LogP contribution in [0.15, 0.2) is 0 Å². The van der Waals surface area contributed by atoms with Gasteiger partial charge in [-0.15, -0.1) is 0 Å². The molecule has 0 unspecified atom stereocenters. The Morgan fingerprint density at radius 2 is 2.57 bits per heavy atom. The van der Waals surface area contributed by atoms with Gasteiger partial charge in [0.05, 0.1) is 6.42 Å². The molecule has 0 aromatic heterocycles. The fourth-order valence-electron chi connectivity index (χ4n) is 0.116. The van der Waals surface area contributed by atoms with E-state index in [9.17, 15) is 9.18 Å². The summed E-state index contributed by atoms with van der Waals surface area (Å²) in [6, 6.07) is 0. The van der Waals surface area contributed by atoms with Crippen LogP contribution in [0.25, 0.3) is 0 Å². The summed E-state index contributed by atoms with van der Waals surface area (Å²) in [4.78, 5) is 9.76. The summed E-state index contributed by atoms with van der Waals surface area (Å²) in [5, 5.41) is 7.67. The van der Waals surface area contributed by atoms with Crippen molar-refractivity contribution in [2.75, 3.05) is 6.67 Å².